The van der Waals surface area contributed by atoms with Crippen molar-refractivity contribution in [3.8, 4) is 17.1 Å². The molecule has 0 saturated heterocycles. The van der Waals surface area contributed by atoms with Crippen molar-refractivity contribution in [2.24, 2.45) is 0 Å². The Morgan fingerprint density at radius 3 is 2.78 bits per heavy atom. The molecule has 1 N–H and O–H groups in total. The molecule has 3 rings (SSSR count). The average Bonchev–Trinajstić information content (AvgIpc) is 3.16. The second-order valence-corrected chi connectivity index (χ2v) is 5.62. The van der Waals surface area contributed by atoms with Crippen LogP contribution in [0.1, 0.15) is 17.3 Å². The maximum absolute atomic E-state index is 11.6. The monoisotopic (exact) mass is 369 g/mol. The van der Waals surface area contributed by atoms with E-state index in [-0.39, 0.29) is 19.1 Å². The molecule has 0 aliphatic rings. The molecule has 1 atom stereocenters. The molecule has 3 aromatic rings. The third-order valence-corrected chi connectivity index (χ3v) is 3.55. The fraction of sp³-hybridized carbons (Fsp3) is 0.278. The largest absolute Gasteiger partial charge is 0.491 e. The fourth-order valence-electron chi connectivity index (χ4n) is 2.27. The van der Waals surface area contributed by atoms with E-state index in [1.807, 2.05) is 6.07 Å². The van der Waals surface area contributed by atoms with E-state index in [9.17, 15) is 9.90 Å². The van der Waals surface area contributed by atoms with E-state index in [4.69, 9.17) is 9.47 Å². The van der Waals surface area contributed by atoms with Crippen LogP contribution in [0.4, 0.5) is 0 Å². The number of hydrogen-bond donors (Lipinski definition) is 1. The van der Waals surface area contributed by atoms with Crippen molar-refractivity contribution in [3.05, 3.63) is 54.4 Å². The van der Waals surface area contributed by atoms with Crippen LogP contribution in [-0.4, -0.2) is 55.6 Å². The predicted octanol–water partition coefficient (Wildman–Crippen LogP) is 1.35. The van der Waals surface area contributed by atoms with Crippen LogP contribution in [0.25, 0.3) is 11.4 Å². The van der Waals surface area contributed by atoms with Crippen LogP contribution in [0.2, 0.25) is 0 Å². The third-order valence-electron chi connectivity index (χ3n) is 3.55. The highest BCUT2D eigenvalue weighted by molar-refractivity contribution is 5.89. The molecule has 27 heavy (non-hydrogen) atoms. The van der Waals surface area contributed by atoms with Gasteiger partial charge in [-0.05, 0) is 48.5 Å². The van der Waals surface area contributed by atoms with E-state index in [0.29, 0.717) is 23.7 Å². The second kappa shape index (κ2) is 8.86. The normalized spacial score (nSPS) is 11.8. The first-order chi connectivity index (χ1) is 13.2. The van der Waals surface area contributed by atoms with Gasteiger partial charge in [-0.2, -0.15) is 4.80 Å². The molecule has 0 spiro atoms. The van der Waals surface area contributed by atoms with Crippen molar-refractivity contribution in [1.82, 2.24) is 25.2 Å². The summed E-state index contributed by atoms with van der Waals surface area (Å²) in [5, 5.41) is 22.2. The van der Waals surface area contributed by atoms with Crippen molar-refractivity contribution in [3.63, 3.8) is 0 Å². The van der Waals surface area contributed by atoms with Crippen LogP contribution >= 0.6 is 0 Å². The first-order valence-electron chi connectivity index (χ1n) is 8.42. The zero-order valence-electron chi connectivity index (χ0n) is 14.7. The molecule has 0 saturated carbocycles. The highest BCUT2D eigenvalue weighted by Crippen LogP contribution is 2.14. The van der Waals surface area contributed by atoms with Crippen molar-refractivity contribution in [2.75, 3.05) is 13.2 Å². The molecule has 0 radical (unpaired) electrons. The van der Waals surface area contributed by atoms with Gasteiger partial charge in [0.15, 0.2) is 0 Å². The van der Waals surface area contributed by atoms with E-state index >= 15 is 0 Å². The Bertz CT molecular complexity index is 867. The van der Waals surface area contributed by atoms with E-state index in [1.54, 1.807) is 49.6 Å². The first kappa shape index (κ1) is 18.5. The Kier molecular flexibility index (Phi) is 6.06. The molecule has 2 heterocycles. The molecule has 1 aromatic carbocycles. The highest BCUT2D eigenvalue weighted by Gasteiger charge is 2.12. The summed E-state index contributed by atoms with van der Waals surface area (Å²) >= 11 is 0. The predicted molar refractivity (Wildman–Crippen MR) is 94.9 cm³/mol. The van der Waals surface area contributed by atoms with Gasteiger partial charge in [-0.1, -0.05) is 0 Å². The van der Waals surface area contributed by atoms with Gasteiger partial charge < -0.3 is 14.6 Å². The lowest BCUT2D eigenvalue weighted by Crippen LogP contribution is -2.25. The third kappa shape index (κ3) is 5.08. The van der Waals surface area contributed by atoms with Crippen LogP contribution in [0.15, 0.2) is 48.8 Å². The maximum Gasteiger partial charge on any atom is 0.338 e. The van der Waals surface area contributed by atoms with Crippen molar-refractivity contribution in [2.45, 2.75) is 19.6 Å². The Balaban J connectivity index is 1.50. The van der Waals surface area contributed by atoms with Gasteiger partial charge in [-0.15, -0.1) is 10.2 Å². The molecular formula is C18H19N5O4. The number of benzene rings is 1. The molecule has 140 valence electrons. The zero-order chi connectivity index (χ0) is 19.1. The lowest BCUT2D eigenvalue weighted by Gasteiger charge is -2.11. The molecule has 2 aromatic heterocycles. The van der Waals surface area contributed by atoms with Gasteiger partial charge in [0, 0.05) is 18.0 Å². The molecule has 0 fully saturated rings. The molecular weight excluding hydrogens is 350 g/mol. The first-order valence-corrected chi connectivity index (χ1v) is 8.42. The van der Waals surface area contributed by atoms with E-state index < -0.39 is 6.10 Å². The SMILES string of the molecule is CCOC(=O)c1ccc(OC[C@@H](O)Cn2nnc(-c3cccnc3)n2)cc1. The lowest BCUT2D eigenvalue weighted by atomic mass is 10.2. The number of pyridine rings is 1. The minimum absolute atomic E-state index is 0.0442. The Morgan fingerprint density at radius 1 is 1.26 bits per heavy atom. The maximum atomic E-state index is 11.6. The molecule has 0 aliphatic carbocycles. The number of carbonyl (C=O) groups is 1. The van der Waals surface area contributed by atoms with Gasteiger partial charge in [-0.3, -0.25) is 4.98 Å². The number of aliphatic hydroxyl groups excluding tert-OH is 1. The fourth-order valence-corrected chi connectivity index (χ4v) is 2.27. The summed E-state index contributed by atoms with van der Waals surface area (Å²) in [6.07, 6.45) is 2.47. The number of rotatable bonds is 8. The van der Waals surface area contributed by atoms with Gasteiger partial charge in [0.1, 0.15) is 18.5 Å². The lowest BCUT2D eigenvalue weighted by molar-refractivity contribution is 0.0526. The number of aromatic nitrogens is 5. The number of nitrogens with zero attached hydrogens (tertiary/aromatic N) is 5. The van der Waals surface area contributed by atoms with Crippen LogP contribution in [0.3, 0.4) is 0 Å². The summed E-state index contributed by atoms with van der Waals surface area (Å²) in [6.45, 7) is 2.25. The van der Waals surface area contributed by atoms with E-state index in [0.717, 1.165) is 5.56 Å². The number of aliphatic hydroxyl groups is 1. The molecule has 9 nitrogen and oxygen atoms in total. The number of tetrazole rings is 1. The molecule has 0 unspecified atom stereocenters. The minimum Gasteiger partial charge on any atom is -0.491 e. The molecule has 0 amide bonds. The van der Waals surface area contributed by atoms with Gasteiger partial charge in [-0.25, -0.2) is 4.79 Å². The van der Waals surface area contributed by atoms with Gasteiger partial charge in [0.05, 0.1) is 18.7 Å². The van der Waals surface area contributed by atoms with Crippen molar-refractivity contribution in [1.29, 1.82) is 0 Å². The number of hydrogen-bond acceptors (Lipinski definition) is 8. The van der Waals surface area contributed by atoms with Gasteiger partial charge >= 0.3 is 5.97 Å². The Labute approximate surface area is 155 Å². The highest BCUT2D eigenvalue weighted by atomic mass is 16.5. The smallest absolute Gasteiger partial charge is 0.338 e. The number of carbonyl (C=O) groups excluding carboxylic acids is 1. The quantitative estimate of drug-likeness (QED) is 0.592. The topological polar surface area (TPSA) is 112 Å². The summed E-state index contributed by atoms with van der Waals surface area (Å²) in [7, 11) is 0. The standard InChI is InChI=1S/C18H19N5O4/c1-2-26-18(25)13-5-7-16(8-6-13)27-12-15(24)11-23-21-17(20-22-23)14-4-3-9-19-10-14/h3-10,15,24H,2,11-12H2,1H3/t15-/m0/s1. The van der Waals surface area contributed by atoms with E-state index in [1.165, 1.54) is 4.80 Å². The van der Waals surface area contributed by atoms with Gasteiger partial charge in [0.25, 0.3) is 0 Å². The second-order valence-electron chi connectivity index (χ2n) is 5.62. The Morgan fingerprint density at radius 2 is 2.07 bits per heavy atom. The zero-order valence-corrected chi connectivity index (χ0v) is 14.7. The van der Waals surface area contributed by atoms with Crippen LogP contribution in [0, 0.1) is 0 Å². The number of ether oxygens (including phenoxy) is 2. The summed E-state index contributed by atoms with van der Waals surface area (Å²) in [6, 6.07) is 10.1. The summed E-state index contributed by atoms with van der Waals surface area (Å²) < 4.78 is 10.4. The van der Waals surface area contributed by atoms with Crippen LogP contribution in [0.5, 0.6) is 5.75 Å². The van der Waals surface area contributed by atoms with Crippen molar-refractivity contribution < 1.29 is 19.4 Å². The summed E-state index contributed by atoms with van der Waals surface area (Å²) in [4.78, 5) is 16.9. The minimum atomic E-state index is -0.828. The van der Waals surface area contributed by atoms with E-state index in [2.05, 4.69) is 20.4 Å². The molecule has 0 bridgehead atoms. The Hall–Kier alpha value is -3.33. The van der Waals surface area contributed by atoms with Crippen molar-refractivity contribution >= 4 is 5.97 Å². The van der Waals surface area contributed by atoms with Gasteiger partial charge in [0.2, 0.25) is 5.82 Å². The summed E-state index contributed by atoms with van der Waals surface area (Å²) in [5.41, 5.74) is 1.19. The average molecular weight is 369 g/mol. The summed E-state index contributed by atoms with van der Waals surface area (Å²) in [5.74, 6) is 0.584. The molecule has 9 heteroatoms. The van der Waals surface area contributed by atoms with Crippen LogP contribution < -0.4 is 4.74 Å². The number of esters is 1. The molecule has 0 aliphatic heterocycles. The van der Waals surface area contributed by atoms with Crippen LogP contribution in [-0.2, 0) is 11.3 Å².